The standard InChI is InChI=1S/C22H22BrN3O2/c1-27-21(28-2)12-24-22-20-11-16(15-6-4-3-5-7-15)13-26(20)14-17-10-18(23)8-9-19(17)25-22/h3-11,13,21H,12,14H2,1-2H3,(H,24,25). The molecule has 5 nitrogen and oxygen atoms in total. The quantitative estimate of drug-likeness (QED) is 0.592. The fourth-order valence-electron chi connectivity index (χ4n) is 3.35. The van der Waals surface area contributed by atoms with Gasteiger partial charge >= 0.3 is 0 Å². The lowest BCUT2D eigenvalue weighted by atomic mass is 10.1. The average Bonchev–Trinajstić information content (AvgIpc) is 3.08. The summed E-state index contributed by atoms with van der Waals surface area (Å²) in [6.07, 6.45) is 1.84. The molecule has 2 aromatic carbocycles. The number of benzene rings is 2. The van der Waals surface area contributed by atoms with E-state index in [0.717, 1.165) is 33.8 Å². The van der Waals surface area contributed by atoms with Crippen molar-refractivity contribution in [3.05, 3.63) is 76.5 Å². The molecule has 3 aromatic rings. The number of methoxy groups -OCH3 is 2. The molecule has 1 N–H and O–H groups in total. The minimum atomic E-state index is -0.340. The van der Waals surface area contributed by atoms with Crippen molar-refractivity contribution in [2.75, 3.05) is 20.8 Å². The predicted octanol–water partition coefficient (Wildman–Crippen LogP) is 4.57. The third-order valence-corrected chi connectivity index (χ3v) is 5.32. The highest BCUT2D eigenvalue weighted by Gasteiger charge is 2.19. The van der Waals surface area contributed by atoms with Crippen molar-refractivity contribution in [1.29, 1.82) is 0 Å². The molecular formula is C22H22BrN3O2. The van der Waals surface area contributed by atoms with Gasteiger partial charge in [-0.05, 0) is 35.4 Å². The Morgan fingerprint density at radius 3 is 2.61 bits per heavy atom. The van der Waals surface area contributed by atoms with Crippen LogP contribution in [0.3, 0.4) is 0 Å². The van der Waals surface area contributed by atoms with Crippen molar-refractivity contribution in [2.24, 2.45) is 4.99 Å². The lowest BCUT2D eigenvalue weighted by Crippen LogP contribution is -2.35. The van der Waals surface area contributed by atoms with E-state index in [1.165, 1.54) is 11.1 Å². The molecule has 0 amide bonds. The van der Waals surface area contributed by atoms with Crippen LogP contribution >= 0.6 is 15.9 Å². The first-order valence-electron chi connectivity index (χ1n) is 9.10. The van der Waals surface area contributed by atoms with Gasteiger partial charge in [-0.1, -0.05) is 46.3 Å². The van der Waals surface area contributed by atoms with Crippen LogP contribution in [0.1, 0.15) is 11.3 Å². The molecule has 0 saturated carbocycles. The molecule has 0 spiro atoms. The SMILES string of the molecule is COC(CNC1=Nc2ccc(Br)cc2Cn2cc(-c3ccccc3)cc21)OC. The number of nitrogens with zero attached hydrogens (tertiary/aromatic N) is 2. The summed E-state index contributed by atoms with van der Waals surface area (Å²) in [5.41, 5.74) is 5.51. The molecule has 2 heterocycles. The monoisotopic (exact) mass is 439 g/mol. The van der Waals surface area contributed by atoms with Crippen LogP contribution in [0.5, 0.6) is 0 Å². The third kappa shape index (κ3) is 3.90. The Bertz CT molecular complexity index is 994. The van der Waals surface area contributed by atoms with Gasteiger partial charge in [0.15, 0.2) is 12.1 Å². The van der Waals surface area contributed by atoms with E-state index in [1.54, 1.807) is 14.2 Å². The van der Waals surface area contributed by atoms with Gasteiger partial charge < -0.3 is 19.4 Å². The zero-order valence-electron chi connectivity index (χ0n) is 15.9. The first kappa shape index (κ1) is 18.9. The Labute approximate surface area is 173 Å². The lowest BCUT2D eigenvalue weighted by Gasteiger charge is -2.16. The van der Waals surface area contributed by atoms with Gasteiger partial charge in [0.25, 0.3) is 0 Å². The summed E-state index contributed by atoms with van der Waals surface area (Å²) in [7, 11) is 3.27. The number of aliphatic imine (C=N–C) groups is 1. The first-order valence-corrected chi connectivity index (χ1v) is 9.90. The average molecular weight is 440 g/mol. The van der Waals surface area contributed by atoms with Gasteiger partial charge in [-0.3, -0.25) is 0 Å². The largest absolute Gasteiger partial charge is 0.363 e. The molecule has 0 unspecified atom stereocenters. The Morgan fingerprint density at radius 2 is 1.86 bits per heavy atom. The van der Waals surface area contributed by atoms with E-state index < -0.39 is 0 Å². The number of rotatable bonds is 5. The maximum absolute atomic E-state index is 5.32. The van der Waals surface area contributed by atoms with E-state index in [1.807, 2.05) is 18.2 Å². The second kappa shape index (κ2) is 8.31. The summed E-state index contributed by atoms with van der Waals surface area (Å²) in [6, 6.07) is 18.7. The summed E-state index contributed by atoms with van der Waals surface area (Å²) in [5, 5.41) is 3.41. The topological polar surface area (TPSA) is 47.8 Å². The maximum atomic E-state index is 5.32. The van der Waals surface area contributed by atoms with Gasteiger partial charge in [0.05, 0.1) is 17.9 Å². The van der Waals surface area contributed by atoms with Crippen LogP contribution in [0.25, 0.3) is 11.1 Å². The van der Waals surface area contributed by atoms with Crippen molar-refractivity contribution in [2.45, 2.75) is 12.8 Å². The second-order valence-electron chi connectivity index (χ2n) is 6.62. The second-order valence-corrected chi connectivity index (χ2v) is 7.54. The van der Waals surface area contributed by atoms with Gasteiger partial charge in [0.2, 0.25) is 0 Å². The Morgan fingerprint density at radius 1 is 1.07 bits per heavy atom. The highest BCUT2D eigenvalue weighted by Crippen LogP contribution is 2.31. The molecule has 1 aliphatic heterocycles. The normalized spacial score (nSPS) is 12.9. The van der Waals surface area contributed by atoms with Crippen molar-refractivity contribution >= 4 is 27.5 Å². The van der Waals surface area contributed by atoms with E-state index in [2.05, 4.69) is 68.4 Å². The van der Waals surface area contributed by atoms with Crippen LogP contribution in [-0.2, 0) is 16.0 Å². The summed E-state index contributed by atoms with van der Waals surface area (Å²) in [5.74, 6) is 0.808. The van der Waals surface area contributed by atoms with Gasteiger partial charge in [0.1, 0.15) is 0 Å². The number of aromatic nitrogens is 1. The van der Waals surface area contributed by atoms with Crippen molar-refractivity contribution in [3.8, 4) is 11.1 Å². The molecule has 1 aromatic heterocycles. The Hall–Kier alpha value is -2.41. The summed E-state index contributed by atoms with van der Waals surface area (Å²) < 4.78 is 13.9. The van der Waals surface area contributed by atoms with E-state index >= 15 is 0 Å². The molecule has 0 atom stereocenters. The number of hydrogen-bond acceptors (Lipinski definition) is 4. The molecular weight excluding hydrogens is 418 g/mol. The third-order valence-electron chi connectivity index (χ3n) is 4.82. The molecule has 0 saturated heterocycles. The van der Waals surface area contributed by atoms with E-state index in [0.29, 0.717) is 6.54 Å². The molecule has 0 aliphatic carbocycles. The molecule has 6 heteroatoms. The van der Waals surface area contributed by atoms with E-state index in [4.69, 9.17) is 14.5 Å². The summed E-state index contributed by atoms with van der Waals surface area (Å²) in [4.78, 5) is 4.92. The van der Waals surface area contributed by atoms with E-state index in [9.17, 15) is 0 Å². The number of nitrogens with one attached hydrogen (secondary N) is 1. The van der Waals surface area contributed by atoms with Crippen molar-refractivity contribution in [1.82, 2.24) is 9.88 Å². The number of ether oxygens (including phenoxy) is 2. The molecule has 0 radical (unpaired) electrons. The maximum Gasteiger partial charge on any atom is 0.173 e. The molecule has 4 rings (SSSR count). The Balaban J connectivity index is 1.76. The van der Waals surface area contributed by atoms with Crippen LogP contribution in [-0.4, -0.2) is 37.5 Å². The minimum absolute atomic E-state index is 0.340. The molecule has 1 aliphatic rings. The molecule has 144 valence electrons. The number of hydrogen-bond donors (Lipinski definition) is 1. The minimum Gasteiger partial charge on any atom is -0.363 e. The molecule has 0 fully saturated rings. The first-order chi connectivity index (χ1) is 13.7. The number of fused-ring (bicyclic) bond motifs is 2. The van der Waals surface area contributed by atoms with Crippen LogP contribution in [0.4, 0.5) is 5.69 Å². The lowest BCUT2D eigenvalue weighted by molar-refractivity contribution is -0.0965. The Kier molecular flexibility index (Phi) is 5.62. The van der Waals surface area contributed by atoms with Gasteiger partial charge in [-0.25, -0.2) is 4.99 Å². The van der Waals surface area contributed by atoms with Gasteiger partial charge in [-0.15, -0.1) is 0 Å². The van der Waals surface area contributed by atoms with Crippen molar-refractivity contribution < 1.29 is 9.47 Å². The van der Waals surface area contributed by atoms with Crippen LogP contribution in [0.15, 0.2) is 70.3 Å². The van der Waals surface area contributed by atoms with Crippen LogP contribution in [0.2, 0.25) is 0 Å². The van der Waals surface area contributed by atoms with Crippen LogP contribution < -0.4 is 5.32 Å². The smallest absolute Gasteiger partial charge is 0.173 e. The summed E-state index contributed by atoms with van der Waals surface area (Å²) in [6.45, 7) is 1.26. The molecule has 28 heavy (non-hydrogen) atoms. The van der Waals surface area contributed by atoms with Gasteiger partial charge in [-0.2, -0.15) is 0 Å². The zero-order valence-corrected chi connectivity index (χ0v) is 17.4. The number of halogens is 1. The summed E-state index contributed by atoms with van der Waals surface area (Å²) >= 11 is 3.57. The fraction of sp³-hybridized carbons (Fsp3) is 0.227. The van der Waals surface area contributed by atoms with Gasteiger partial charge in [0, 0.05) is 37.0 Å². The van der Waals surface area contributed by atoms with Crippen molar-refractivity contribution in [3.63, 3.8) is 0 Å². The highest BCUT2D eigenvalue weighted by molar-refractivity contribution is 9.10. The zero-order chi connectivity index (χ0) is 19.5. The predicted molar refractivity (Wildman–Crippen MR) is 115 cm³/mol. The fourth-order valence-corrected chi connectivity index (χ4v) is 3.76. The van der Waals surface area contributed by atoms with Crippen LogP contribution in [0, 0.1) is 0 Å². The number of amidine groups is 1. The molecule has 0 bridgehead atoms. The van der Waals surface area contributed by atoms with E-state index in [-0.39, 0.29) is 6.29 Å². The highest BCUT2D eigenvalue weighted by atomic mass is 79.9.